The molecule has 2 saturated heterocycles. The number of phenolic OH excluding ortho intramolecular Hbond substituents is 1. The van der Waals surface area contributed by atoms with E-state index in [1.54, 1.807) is 12.1 Å². The maximum Gasteiger partial charge on any atom is 0.257 e. The van der Waals surface area contributed by atoms with Crippen molar-refractivity contribution >= 4 is 18.3 Å². The zero-order valence-electron chi connectivity index (χ0n) is 13.0. The van der Waals surface area contributed by atoms with E-state index in [4.69, 9.17) is 0 Å². The number of carbonyl (C=O) groups excluding carboxylic acids is 1. The summed E-state index contributed by atoms with van der Waals surface area (Å²) in [6, 6.07) is 5.86. The monoisotopic (exact) mass is 324 g/mol. The minimum absolute atomic E-state index is 0. The van der Waals surface area contributed by atoms with Gasteiger partial charge >= 0.3 is 0 Å². The Morgan fingerprint density at radius 3 is 2.64 bits per heavy atom. The molecule has 3 rings (SSSR count). The summed E-state index contributed by atoms with van der Waals surface area (Å²) in [5.74, 6) is 0.752. The minimum Gasteiger partial charge on any atom is -0.507 e. The molecule has 1 amide bonds. The van der Waals surface area contributed by atoms with Crippen molar-refractivity contribution in [1.29, 1.82) is 0 Å². The number of piperidine rings is 1. The molecule has 0 saturated carbocycles. The summed E-state index contributed by atoms with van der Waals surface area (Å²) >= 11 is 0. The lowest BCUT2D eigenvalue weighted by molar-refractivity contribution is 0.0671. The molecular weight excluding hydrogens is 300 g/mol. The van der Waals surface area contributed by atoms with Gasteiger partial charge in [-0.2, -0.15) is 0 Å². The van der Waals surface area contributed by atoms with E-state index in [1.165, 1.54) is 12.8 Å². The normalized spacial score (nSPS) is 22.4. The molecule has 0 radical (unpaired) electrons. The number of benzene rings is 1. The Morgan fingerprint density at radius 1 is 1.27 bits per heavy atom. The molecule has 4 nitrogen and oxygen atoms in total. The van der Waals surface area contributed by atoms with Crippen LogP contribution in [-0.2, 0) is 0 Å². The van der Waals surface area contributed by atoms with Crippen molar-refractivity contribution in [2.24, 2.45) is 5.92 Å². The second kappa shape index (κ2) is 7.34. The van der Waals surface area contributed by atoms with E-state index in [1.807, 2.05) is 17.9 Å². The van der Waals surface area contributed by atoms with Crippen molar-refractivity contribution in [3.8, 4) is 5.75 Å². The molecule has 122 valence electrons. The number of halogens is 1. The third-order valence-corrected chi connectivity index (χ3v) is 4.88. The van der Waals surface area contributed by atoms with Crippen molar-refractivity contribution in [3.63, 3.8) is 0 Å². The van der Waals surface area contributed by atoms with Crippen LogP contribution in [0.25, 0.3) is 0 Å². The molecule has 1 aromatic carbocycles. The van der Waals surface area contributed by atoms with Gasteiger partial charge in [0, 0.05) is 19.1 Å². The van der Waals surface area contributed by atoms with Gasteiger partial charge in [-0.25, -0.2) is 0 Å². The molecule has 2 N–H and O–H groups in total. The van der Waals surface area contributed by atoms with Crippen LogP contribution in [0.4, 0.5) is 0 Å². The number of phenols is 1. The predicted octanol–water partition coefficient (Wildman–Crippen LogP) is 2.73. The Kier molecular flexibility index (Phi) is 5.70. The maximum atomic E-state index is 12.6. The van der Waals surface area contributed by atoms with Gasteiger partial charge in [-0.05, 0) is 57.2 Å². The molecule has 2 aliphatic heterocycles. The number of rotatable bonds is 2. The van der Waals surface area contributed by atoms with Crippen LogP contribution in [0.1, 0.15) is 41.6 Å². The highest BCUT2D eigenvalue weighted by molar-refractivity contribution is 5.97. The molecule has 0 bridgehead atoms. The van der Waals surface area contributed by atoms with Gasteiger partial charge < -0.3 is 15.3 Å². The van der Waals surface area contributed by atoms with Crippen LogP contribution >= 0.6 is 12.4 Å². The maximum absolute atomic E-state index is 12.6. The number of likely N-dealkylation sites (tertiary alicyclic amines) is 1. The molecule has 22 heavy (non-hydrogen) atoms. The molecule has 0 aromatic heterocycles. The van der Waals surface area contributed by atoms with E-state index in [2.05, 4.69) is 5.32 Å². The number of nitrogens with one attached hydrogen (secondary N) is 1. The van der Waals surface area contributed by atoms with Gasteiger partial charge in [0.25, 0.3) is 5.91 Å². The number of amides is 1. The zero-order valence-corrected chi connectivity index (χ0v) is 13.9. The molecule has 1 atom stereocenters. The average Bonchev–Trinajstić information content (AvgIpc) is 3.03. The third-order valence-electron chi connectivity index (χ3n) is 4.88. The summed E-state index contributed by atoms with van der Waals surface area (Å²) in [5.41, 5.74) is 1.44. The van der Waals surface area contributed by atoms with Crippen LogP contribution in [-0.4, -0.2) is 41.6 Å². The first-order chi connectivity index (χ1) is 10.1. The van der Waals surface area contributed by atoms with Gasteiger partial charge in [-0.3, -0.25) is 4.79 Å². The van der Waals surface area contributed by atoms with Gasteiger partial charge in [-0.15, -0.1) is 12.4 Å². The van der Waals surface area contributed by atoms with E-state index in [9.17, 15) is 9.90 Å². The second-order valence-corrected chi connectivity index (χ2v) is 6.35. The minimum atomic E-state index is -0.0333. The molecule has 1 aromatic rings. The Labute approximate surface area is 138 Å². The topological polar surface area (TPSA) is 52.6 Å². The SMILES string of the molecule is Cc1ccc(O)c(C(=O)N2CCC(C3CCCN3)CC2)c1.Cl. The molecule has 0 aliphatic carbocycles. The lowest BCUT2D eigenvalue weighted by atomic mass is 9.88. The number of hydrogen-bond acceptors (Lipinski definition) is 3. The highest BCUT2D eigenvalue weighted by Gasteiger charge is 2.30. The average molecular weight is 325 g/mol. The number of nitrogens with zero attached hydrogens (tertiary/aromatic N) is 1. The molecule has 5 heteroatoms. The van der Waals surface area contributed by atoms with Crippen LogP contribution < -0.4 is 5.32 Å². The van der Waals surface area contributed by atoms with Gasteiger partial charge in [0.1, 0.15) is 5.75 Å². The van der Waals surface area contributed by atoms with Crippen LogP contribution in [0.2, 0.25) is 0 Å². The van der Waals surface area contributed by atoms with Gasteiger partial charge in [-0.1, -0.05) is 11.6 Å². The summed E-state index contributed by atoms with van der Waals surface area (Å²) in [7, 11) is 0. The summed E-state index contributed by atoms with van der Waals surface area (Å²) in [4.78, 5) is 14.4. The fourth-order valence-electron chi connectivity index (χ4n) is 3.61. The Morgan fingerprint density at radius 2 is 2.00 bits per heavy atom. The van der Waals surface area contributed by atoms with Crippen LogP contribution in [0, 0.1) is 12.8 Å². The fraction of sp³-hybridized carbons (Fsp3) is 0.588. The smallest absolute Gasteiger partial charge is 0.257 e. The number of carbonyl (C=O) groups is 1. The van der Waals surface area contributed by atoms with Crippen molar-refractivity contribution in [2.45, 2.75) is 38.6 Å². The van der Waals surface area contributed by atoms with Crippen molar-refractivity contribution in [1.82, 2.24) is 10.2 Å². The van der Waals surface area contributed by atoms with Crippen molar-refractivity contribution in [3.05, 3.63) is 29.3 Å². The van der Waals surface area contributed by atoms with Crippen LogP contribution in [0.3, 0.4) is 0 Å². The lowest BCUT2D eigenvalue weighted by Crippen LogP contribution is -2.43. The highest BCUT2D eigenvalue weighted by Crippen LogP contribution is 2.28. The predicted molar refractivity (Wildman–Crippen MR) is 89.7 cm³/mol. The van der Waals surface area contributed by atoms with Gasteiger partial charge in [0.15, 0.2) is 0 Å². The standard InChI is InChI=1S/C17H24N2O2.ClH/c1-12-4-5-16(20)14(11-12)17(21)19-9-6-13(7-10-19)15-3-2-8-18-15;/h4-5,11,13,15,18,20H,2-3,6-10H2,1H3;1H. The van der Waals surface area contributed by atoms with Crippen molar-refractivity contribution < 1.29 is 9.90 Å². The second-order valence-electron chi connectivity index (χ2n) is 6.35. The van der Waals surface area contributed by atoms with E-state index in [0.29, 0.717) is 17.5 Å². The largest absolute Gasteiger partial charge is 0.507 e. The zero-order chi connectivity index (χ0) is 14.8. The number of hydrogen-bond donors (Lipinski definition) is 2. The number of aryl methyl sites for hydroxylation is 1. The van der Waals surface area contributed by atoms with E-state index >= 15 is 0 Å². The quantitative estimate of drug-likeness (QED) is 0.879. The Balaban J connectivity index is 0.00000176. The molecule has 2 heterocycles. The molecule has 2 fully saturated rings. The first kappa shape index (κ1) is 17.1. The number of aromatic hydroxyl groups is 1. The van der Waals surface area contributed by atoms with E-state index < -0.39 is 0 Å². The van der Waals surface area contributed by atoms with Gasteiger partial charge in [0.05, 0.1) is 5.56 Å². The van der Waals surface area contributed by atoms with Gasteiger partial charge in [0.2, 0.25) is 0 Å². The summed E-state index contributed by atoms with van der Waals surface area (Å²) in [5, 5.41) is 13.5. The van der Waals surface area contributed by atoms with E-state index in [-0.39, 0.29) is 24.1 Å². The van der Waals surface area contributed by atoms with E-state index in [0.717, 1.165) is 38.0 Å². The van der Waals surface area contributed by atoms with Crippen LogP contribution in [0.15, 0.2) is 18.2 Å². The first-order valence-corrected chi connectivity index (χ1v) is 7.97. The fourth-order valence-corrected chi connectivity index (χ4v) is 3.61. The summed E-state index contributed by atoms with van der Waals surface area (Å²) in [6.07, 6.45) is 4.68. The Hall–Kier alpha value is -1.26. The lowest BCUT2D eigenvalue weighted by Gasteiger charge is -2.35. The third kappa shape index (κ3) is 3.55. The molecule has 2 aliphatic rings. The molecular formula is C17H25ClN2O2. The van der Waals surface area contributed by atoms with Crippen molar-refractivity contribution in [2.75, 3.05) is 19.6 Å². The Bertz CT molecular complexity index is 521. The van der Waals surface area contributed by atoms with Crippen LogP contribution in [0.5, 0.6) is 5.75 Å². The highest BCUT2D eigenvalue weighted by atomic mass is 35.5. The summed E-state index contributed by atoms with van der Waals surface area (Å²) in [6.45, 7) is 4.68. The molecule has 0 spiro atoms. The molecule has 1 unspecified atom stereocenters. The first-order valence-electron chi connectivity index (χ1n) is 7.97. The summed E-state index contributed by atoms with van der Waals surface area (Å²) < 4.78 is 0.